The number of hydrogen-bond acceptors (Lipinski definition) is 4. The molecule has 2 aromatic rings. The number of benzene rings is 1. The smallest absolute Gasteiger partial charge is 0.231 e. The summed E-state index contributed by atoms with van der Waals surface area (Å²) in [5.74, 6) is 3.37. The first-order valence-electron chi connectivity index (χ1n) is 6.40. The molecule has 0 saturated heterocycles. The van der Waals surface area contributed by atoms with Crippen LogP contribution in [0.2, 0.25) is 0 Å². The molecule has 0 fully saturated rings. The summed E-state index contributed by atoms with van der Waals surface area (Å²) in [6.45, 7) is 4.44. The molecule has 6 heteroatoms. The molecule has 0 bridgehead atoms. The Bertz CT molecular complexity index is 680. The summed E-state index contributed by atoms with van der Waals surface area (Å²) in [4.78, 5) is 4.67. The Kier molecular flexibility index (Phi) is 3.12. The van der Waals surface area contributed by atoms with Gasteiger partial charge in [-0.05, 0) is 28.1 Å². The van der Waals surface area contributed by atoms with E-state index in [0.717, 1.165) is 27.3 Å². The van der Waals surface area contributed by atoms with Gasteiger partial charge in [0.25, 0.3) is 0 Å². The van der Waals surface area contributed by atoms with Crippen LogP contribution in [0.25, 0.3) is 11.3 Å². The van der Waals surface area contributed by atoms with Crippen LogP contribution in [0, 0.1) is 0 Å². The van der Waals surface area contributed by atoms with E-state index in [1.165, 1.54) is 0 Å². The van der Waals surface area contributed by atoms with Gasteiger partial charge in [0, 0.05) is 18.5 Å². The van der Waals surface area contributed by atoms with E-state index in [-0.39, 0.29) is 6.79 Å². The molecule has 5 nitrogen and oxygen atoms in total. The molecule has 0 spiro atoms. The number of nitrogens with zero attached hydrogens (tertiary/aromatic N) is 2. The van der Waals surface area contributed by atoms with Gasteiger partial charge in [-0.1, -0.05) is 13.8 Å². The summed E-state index contributed by atoms with van der Waals surface area (Å²) in [6, 6.07) is 3.87. The predicted octanol–water partition coefficient (Wildman–Crippen LogP) is 3.28. The van der Waals surface area contributed by atoms with Crippen LogP contribution < -0.4 is 15.2 Å². The van der Waals surface area contributed by atoms with Gasteiger partial charge in [-0.3, -0.25) is 0 Å². The monoisotopic (exact) mass is 337 g/mol. The van der Waals surface area contributed by atoms with E-state index in [4.69, 9.17) is 15.2 Å². The molecule has 0 atom stereocenters. The lowest BCUT2D eigenvalue weighted by Gasteiger charge is -2.05. The first-order valence-corrected chi connectivity index (χ1v) is 7.20. The molecular formula is C14H16BrN3O2. The molecule has 0 amide bonds. The highest BCUT2D eigenvalue weighted by molar-refractivity contribution is 9.10. The summed E-state index contributed by atoms with van der Waals surface area (Å²) < 4.78 is 13.6. The summed E-state index contributed by atoms with van der Waals surface area (Å²) in [5.41, 5.74) is 7.87. The number of aromatic nitrogens is 2. The summed E-state index contributed by atoms with van der Waals surface area (Å²) in [5, 5.41) is 0. The Hall–Kier alpha value is -1.69. The number of hydrogen-bond donors (Lipinski definition) is 1. The first-order chi connectivity index (χ1) is 9.49. The van der Waals surface area contributed by atoms with E-state index in [2.05, 4.69) is 34.8 Å². The molecule has 0 unspecified atom stereocenters. The number of ether oxygens (including phenoxy) is 2. The maximum atomic E-state index is 6.18. The van der Waals surface area contributed by atoms with Crippen molar-refractivity contribution in [1.82, 2.24) is 9.55 Å². The largest absolute Gasteiger partial charge is 0.454 e. The number of anilines is 1. The molecule has 1 aliphatic heterocycles. The molecular weight excluding hydrogens is 322 g/mol. The van der Waals surface area contributed by atoms with Gasteiger partial charge in [0.1, 0.15) is 17.3 Å². The summed E-state index contributed by atoms with van der Waals surface area (Å²) >= 11 is 3.49. The molecule has 1 aliphatic rings. The number of nitrogen functional groups attached to an aromatic ring is 1. The van der Waals surface area contributed by atoms with Crippen molar-refractivity contribution in [2.45, 2.75) is 19.8 Å². The lowest BCUT2D eigenvalue weighted by atomic mass is 10.1. The molecule has 1 aromatic heterocycles. The highest BCUT2D eigenvalue weighted by atomic mass is 79.9. The van der Waals surface area contributed by atoms with E-state index in [0.29, 0.717) is 17.5 Å². The van der Waals surface area contributed by atoms with Crippen LogP contribution in [-0.2, 0) is 7.05 Å². The Morgan fingerprint density at radius 2 is 2.10 bits per heavy atom. The zero-order valence-corrected chi connectivity index (χ0v) is 13.2. The van der Waals surface area contributed by atoms with Crippen molar-refractivity contribution in [1.29, 1.82) is 0 Å². The van der Waals surface area contributed by atoms with Crippen LogP contribution in [0.1, 0.15) is 25.6 Å². The van der Waals surface area contributed by atoms with Crippen LogP contribution in [0.15, 0.2) is 16.6 Å². The lowest BCUT2D eigenvalue weighted by molar-refractivity contribution is 0.173. The lowest BCUT2D eigenvalue weighted by Crippen LogP contribution is -2.02. The van der Waals surface area contributed by atoms with Crippen molar-refractivity contribution in [2.24, 2.45) is 7.05 Å². The number of imidazole rings is 1. The maximum absolute atomic E-state index is 6.18. The highest BCUT2D eigenvalue weighted by Gasteiger charge is 2.22. The molecule has 2 heterocycles. The summed E-state index contributed by atoms with van der Waals surface area (Å²) in [6.07, 6.45) is 0. The number of nitrogens with two attached hydrogens (primary N) is 1. The third-order valence-corrected chi connectivity index (χ3v) is 3.98. The normalized spacial score (nSPS) is 13.2. The quantitative estimate of drug-likeness (QED) is 0.913. The van der Waals surface area contributed by atoms with Crippen LogP contribution in [0.5, 0.6) is 11.5 Å². The molecule has 1 aromatic carbocycles. The summed E-state index contributed by atoms with van der Waals surface area (Å²) in [7, 11) is 1.93. The van der Waals surface area contributed by atoms with Crippen molar-refractivity contribution in [2.75, 3.05) is 12.5 Å². The van der Waals surface area contributed by atoms with Gasteiger partial charge < -0.3 is 19.8 Å². The number of halogens is 1. The SMILES string of the molecule is CC(C)c1nc(-c2cc(Br)c3c(c2)OCO3)c(N)n1C. The minimum Gasteiger partial charge on any atom is -0.454 e. The standard InChI is InChI=1S/C14H16BrN3O2/c1-7(2)14-17-11(13(16)18(14)3)8-4-9(15)12-10(5-8)19-6-20-12/h4-5,7H,6,16H2,1-3H3. The van der Waals surface area contributed by atoms with Crippen LogP contribution in [0.4, 0.5) is 5.82 Å². The van der Waals surface area contributed by atoms with E-state index >= 15 is 0 Å². The van der Waals surface area contributed by atoms with Gasteiger partial charge in [-0.15, -0.1) is 0 Å². The van der Waals surface area contributed by atoms with Gasteiger partial charge in [0.15, 0.2) is 11.5 Å². The second-order valence-electron chi connectivity index (χ2n) is 5.11. The molecule has 2 N–H and O–H groups in total. The second-order valence-corrected chi connectivity index (χ2v) is 5.96. The fourth-order valence-electron chi connectivity index (χ4n) is 2.36. The van der Waals surface area contributed by atoms with Gasteiger partial charge in [-0.2, -0.15) is 0 Å². The van der Waals surface area contributed by atoms with Crippen LogP contribution in [0.3, 0.4) is 0 Å². The Morgan fingerprint density at radius 3 is 2.75 bits per heavy atom. The second kappa shape index (κ2) is 4.70. The maximum Gasteiger partial charge on any atom is 0.231 e. The van der Waals surface area contributed by atoms with E-state index in [1.54, 1.807) is 0 Å². The van der Waals surface area contributed by atoms with Crippen molar-refractivity contribution in [3.8, 4) is 22.8 Å². The van der Waals surface area contributed by atoms with E-state index in [1.807, 2.05) is 23.7 Å². The minimum absolute atomic E-state index is 0.242. The van der Waals surface area contributed by atoms with Crippen molar-refractivity contribution >= 4 is 21.7 Å². The van der Waals surface area contributed by atoms with Crippen molar-refractivity contribution in [3.63, 3.8) is 0 Å². The molecule has 3 rings (SSSR count). The van der Waals surface area contributed by atoms with Gasteiger partial charge in [0.2, 0.25) is 6.79 Å². The topological polar surface area (TPSA) is 62.3 Å². The fraction of sp³-hybridized carbons (Fsp3) is 0.357. The average molecular weight is 338 g/mol. The van der Waals surface area contributed by atoms with Crippen LogP contribution >= 0.6 is 15.9 Å². The molecule has 0 saturated carbocycles. The minimum atomic E-state index is 0.242. The van der Waals surface area contributed by atoms with Crippen molar-refractivity contribution < 1.29 is 9.47 Å². The highest BCUT2D eigenvalue weighted by Crippen LogP contribution is 2.43. The number of fused-ring (bicyclic) bond motifs is 1. The third kappa shape index (κ3) is 1.95. The zero-order chi connectivity index (χ0) is 14.4. The number of rotatable bonds is 2. The fourth-order valence-corrected chi connectivity index (χ4v) is 2.92. The van der Waals surface area contributed by atoms with Gasteiger partial charge >= 0.3 is 0 Å². The van der Waals surface area contributed by atoms with Gasteiger partial charge in [0.05, 0.1) is 4.47 Å². The molecule has 20 heavy (non-hydrogen) atoms. The average Bonchev–Trinajstić information content (AvgIpc) is 2.96. The Morgan fingerprint density at radius 1 is 1.35 bits per heavy atom. The zero-order valence-electron chi connectivity index (χ0n) is 11.6. The van der Waals surface area contributed by atoms with E-state index < -0.39 is 0 Å². The Balaban J connectivity index is 2.15. The third-order valence-electron chi connectivity index (χ3n) is 3.39. The first kappa shape index (κ1) is 13.3. The Labute approximate surface area is 125 Å². The molecule has 106 valence electrons. The molecule has 0 radical (unpaired) electrons. The van der Waals surface area contributed by atoms with Crippen molar-refractivity contribution in [3.05, 3.63) is 22.4 Å². The molecule has 0 aliphatic carbocycles. The van der Waals surface area contributed by atoms with Crippen LogP contribution in [-0.4, -0.2) is 16.3 Å². The van der Waals surface area contributed by atoms with E-state index in [9.17, 15) is 0 Å². The van der Waals surface area contributed by atoms with Gasteiger partial charge in [-0.25, -0.2) is 4.98 Å². The predicted molar refractivity (Wildman–Crippen MR) is 81.0 cm³/mol.